The standard InChI is InChI=1S/C19H27NO3/c1-22-16-9-10-17(19(12-16)23-2)18-4-3-11-20(18)13-14-5-7-15(21)8-6-14/h9-10,12,14,18H,3-8,11,13H2,1-2H3/t18-/m0/s1. The van der Waals surface area contributed by atoms with Gasteiger partial charge < -0.3 is 9.47 Å². The quantitative estimate of drug-likeness (QED) is 0.832. The first-order valence-corrected chi connectivity index (χ1v) is 8.69. The number of ketones is 1. The molecule has 1 heterocycles. The van der Waals surface area contributed by atoms with Gasteiger partial charge in [0.2, 0.25) is 0 Å². The van der Waals surface area contributed by atoms with Crippen LogP contribution in [0.1, 0.15) is 50.1 Å². The number of hydrogen-bond donors (Lipinski definition) is 0. The Morgan fingerprint density at radius 2 is 1.91 bits per heavy atom. The van der Waals surface area contributed by atoms with Gasteiger partial charge in [-0.1, -0.05) is 6.07 Å². The molecule has 4 nitrogen and oxygen atoms in total. The van der Waals surface area contributed by atoms with Crippen LogP contribution in [0, 0.1) is 5.92 Å². The summed E-state index contributed by atoms with van der Waals surface area (Å²) < 4.78 is 10.9. The van der Waals surface area contributed by atoms with E-state index < -0.39 is 0 Å². The zero-order valence-corrected chi connectivity index (χ0v) is 14.2. The van der Waals surface area contributed by atoms with Crippen LogP contribution in [0.15, 0.2) is 18.2 Å². The molecule has 0 aromatic heterocycles. The average molecular weight is 317 g/mol. The van der Waals surface area contributed by atoms with Gasteiger partial charge in [-0.3, -0.25) is 9.69 Å². The van der Waals surface area contributed by atoms with Gasteiger partial charge in [-0.25, -0.2) is 0 Å². The Morgan fingerprint density at radius 1 is 1.13 bits per heavy atom. The molecule has 3 rings (SSSR count). The van der Waals surface area contributed by atoms with Crippen molar-refractivity contribution in [2.45, 2.75) is 44.6 Å². The summed E-state index contributed by atoms with van der Waals surface area (Å²) in [6, 6.07) is 6.57. The van der Waals surface area contributed by atoms with Gasteiger partial charge in [0.05, 0.1) is 14.2 Å². The highest BCUT2D eigenvalue weighted by molar-refractivity contribution is 5.79. The fourth-order valence-electron chi connectivity index (χ4n) is 4.00. The monoisotopic (exact) mass is 317 g/mol. The van der Waals surface area contributed by atoms with Gasteiger partial charge in [-0.2, -0.15) is 0 Å². The van der Waals surface area contributed by atoms with E-state index >= 15 is 0 Å². The van der Waals surface area contributed by atoms with Crippen molar-refractivity contribution in [3.8, 4) is 11.5 Å². The molecule has 1 aromatic rings. The lowest BCUT2D eigenvalue weighted by Gasteiger charge is -2.31. The lowest BCUT2D eigenvalue weighted by atomic mass is 9.87. The maximum absolute atomic E-state index is 11.4. The molecule has 0 bridgehead atoms. The summed E-state index contributed by atoms with van der Waals surface area (Å²) in [6.07, 6.45) is 6.06. The van der Waals surface area contributed by atoms with Crippen LogP contribution in [0.2, 0.25) is 0 Å². The first-order valence-electron chi connectivity index (χ1n) is 8.69. The molecule has 0 amide bonds. The molecular formula is C19H27NO3. The normalized spacial score (nSPS) is 23.2. The summed E-state index contributed by atoms with van der Waals surface area (Å²) >= 11 is 0. The molecule has 4 heteroatoms. The highest BCUT2D eigenvalue weighted by Gasteiger charge is 2.31. The molecule has 1 aliphatic heterocycles. The zero-order valence-electron chi connectivity index (χ0n) is 14.2. The van der Waals surface area contributed by atoms with Crippen LogP contribution in [-0.2, 0) is 4.79 Å². The van der Waals surface area contributed by atoms with Crippen molar-refractivity contribution in [1.82, 2.24) is 4.90 Å². The van der Waals surface area contributed by atoms with E-state index in [9.17, 15) is 4.79 Å². The molecule has 0 unspecified atom stereocenters. The summed E-state index contributed by atoms with van der Waals surface area (Å²) in [5.41, 5.74) is 1.26. The zero-order chi connectivity index (χ0) is 16.2. The van der Waals surface area contributed by atoms with E-state index in [0.29, 0.717) is 17.7 Å². The maximum atomic E-state index is 11.4. The summed E-state index contributed by atoms with van der Waals surface area (Å²) in [7, 11) is 3.41. The van der Waals surface area contributed by atoms with Crippen molar-refractivity contribution in [1.29, 1.82) is 0 Å². The van der Waals surface area contributed by atoms with Gasteiger partial charge in [-0.15, -0.1) is 0 Å². The van der Waals surface area contributed by atoms with Crippen molar-refractivity contribution >= 4 is 5.78 Å². The van der Waals surface area contributed by atoms with E-state index in [0.717, 1.165) is 50.3 Å². The second kappa shape index (κ2) is 7.35. The Hall–Kier alpha value is -1.55. The van der Waals surface area contributed by atoms with Crippen LogP contribution in [0.4, 0.5) is 0 Å². The summed E-state index contributed by atoms with van der Waals surface area (Å²) in [5, 5.41) is 0. The number of hydrogen-bond acceptors (Lipinski definition) is 4. The topological polar surface area (TPSA) is 38.8 Å². The van der Waals surface area contributed by atoms with Crippen LogP contribution >= 0.6 is 0 Å². The first-order chi connectivity index (χ1) is 11.2. The minimum absolute atomic E-state index is 0.425. The van der Waals surface area contributed by atoms with Crippen molar-refractivity contribution in [2.24, 2.45) is 5.92 Å². The van der Waals surface area contributed by atoms with E-state index in [1.54, 1.807) is 14.2 Å². The molecule has 1 saturated heterocycles. The van der Waals surface area contributed by atoms with Gasteiger partial charge in [0.15, 0.2) is 0 Å². The van der Waals surface area contributed by atoms with Crippen LogP contribution in [0.5, 0.6) is 11.5 Å². The third kappa shape index (κ3) is 3.69. The van der Waals surface area contributed by atoms with E-state index in [-0.39, 0.29) is 0 Å². The maximum Gasteiger partial charge on any atom is 0.132 e. The molecule has 126 valence electrons. The molecule has 0 spiro atoms. The third-order valence-corrected chi connectivity index (χ3v) is 5.32. The number of likely N-dealkylation sites (tertiary alicyclic amines) is 1. The van der Waals surface area contributed by atoms with Gasteiger partial charge >= 0.3 is 0 Å². The minimum Gasteiger partial charge on any atom is -0.497 e. The molecule has 23 heavy (non-hydrogen) atoms. The second-order valence-corrected chi connectivity index (χ2v) is 6.74. The number of carbonyl (C=O) groups excluding carboxylic acids is 1. The summed E-state index contributed by atoms with van der Waals surface area (Å²) in [5.74, 6) is 2.86. The van der Waals surface area contributed by atoms with Crippen LogP contribution < -0.4 is 9.47 Å². The fourth-order valence-corrected chi connectivity index (χ4v) is 4.00. The summed E-state index contributed by atoms with van der Waals surface area (Å²) in [4.78, 5) is 14.0. The molecule has 2 fully saturated rings. The summed E-state index contributed by atoms with van der Waals surface area (Å²) in [6.45, 7) is 2.25. The number of Topliss-reactive ketones (excluding diaryl/α,β-unsaturated/α-hetero) is 1. The Labute approximate surface area is 138 Å². The number of rotatable bonds is 5. The van der Waals surface area contributed by atoms with Gasteiger partial charge in [-0.05, 0) is 44.2 Å². The molecule has 1 saturated carbocycles. The van der Waals surface area contributed by atoms with E-state index in [2.05, 4.69) is 11.0 Å². The van der Waals surface area contributed by atoms with Crippen molar-refractivity contribution in [3.05, 3.63) is 23.8 Å². The van der Waals surface area contributed by atoms with Crippen molar-refractivity contribution in [2.75, 3.05) is 27.3 Å². The second-order valence-electron chi connectivity index (χ2n) is 6.74. The smallest absolute Gasteiger partial charge is 0.132 e. The molecule has 1 atom stereocenters. The van der Waals surface area contributed by atoms with Crippen molar-refractivity contribution in [3.63, 3.8) is 0 Å². The molecule has 2 aliphatic rings. The van der Waals surface area contributed by atoms with E-state index in [1.807, 2.05) is 12.1 Å². The number of carbonyl (C=O) groups is 1. The number of nitrogens with zero attached hydrogens (tertiary/aromatic N) is 1. The highest BCUT2D eigenvalue weighted by Crippen LogP contribution is 2.39. The average Bonchev–Trinajstić information content (AvgIpc) is 3.04. The predicted octanol–water partition coefficient (Wildman–Crippen LogP) is 3.60. The first kappa shape index (κ1) is 16.3. The van der Waals surface area contributed by atoms with Crippen LogP contribution in [-0.4, -0.2) is 38.0 Å². The van der Waals surface area contributed by atoms with E-state index in [1.165, 1.54) is 18.4 Å². The minimum atomic E-state index is 0.425. The SMILES string of the molecule is COc1ccc([C@@H]2CCCN2CC2CCC(=O)CC2)c(OC)c1. The van der Waals surface area contributed by atoms with Gasteiger partial charge in [0.1, 0.15) is 17.3 Å². The molecule has 1 aromatic carbocycles. The predicted molar refractivity (Wildman–Crippen MR) is 90.1 cm³/mol. The highest BCUT2D eigenvalue weighted by atomic mass is 16.5. The van der Waals surface area contributed by atoms with E-state index in [4.69, 9.17) is 9.47 Å². The number of ether oxygens (including phenoxy) is 2. The number of methoxy groups -OCH3 is 2. The largest absolute Gasteiger partial charge is 0.497 e. The van der Waals surface area contributed by atoms with Gasteiger partial charge in [0, 0.05) is 37.1 Å². The van der Waals surface area contributed by atoms with Crippen molar-refractivity contribution < 1.29 is 14.3 Å². The molecule has 1 aliphatic carbocycles. The Bertz CT molecular complexity index is 548. The number of benzene rings is 1. The molecule has 0 N–H and O–H groups in total. The Morgan fingerprint density at radius 3 is 2.61 bits per heavy atom. The van der Waals surface area contributed by atoms with Crippen LogP contribution in [0.3, 0.4) is 0 Å². The third-order valence-electron chi connectivity index (χ3n) is 5.32. The lowest BCUT2D eigenvalue weighted by molar-refractivity contribution is -0.121. The van der Waals surface area contributed by atoms with Crippen LogP contribution in [0.25, 0.3) is 0 Å². The lowest BCUT2D eigenvalue weighted by Crippen LogP contribution is -2.31. The molecule has 0 radical (unpaired) electrons. The van der Waals surface area contributed by atoms with Gasteiger partial charge in [0.25, 0.3) is 0 Å². The molecular weight excluding hydrogens is 290 g/mol. The fraction of sp³-hybridized carbons (Fsp3) is 0.632. The Kier molecular flexibility index (Phi) is 5.21. The Balaban J connectivity index is 1.72.